The third kappa shape index (κ3) is 2.67. The van der Waals surface area contributed by atoms with Crippen molar-refractivity contribution < 1.29 is 24.1 Å². The first kappa shape index (κ1) is 20.7. The van der Waals surface area contributed by atoms with E-state index in [0.717, 1.165) is 16.9 Å². The normalized spacial score (nSPS) is 27.9. The zero-order valence-corrected chi connectivity index (χ0v) is 18.8. The minimum Gasteiger partial charge on any atom is -0.497 e. The SMILES string of the molecule is COc1ccc([C@@]23Oc4cc(OC)cc(OC)c4[C@]2(O)C[C@H](C)[C@H]3c2ccccc2)cc1. The number of rotatable bonds is 5. The van der Waals surface area contributed by atoms with Crippen LogP contribution in [0.3, 0.4) is 0 Å². The summed E-state index contributed by atoms with van der Waals surface area (Å²) in [6.45, 7) is 2.18. The fraction of sp³-hybridized carbons (Fsp3) is 0.333. The van der Waals surface area contributed by atoms with Crippen LogP contribution in [0.1, 0.15) is 36.0 Å². The maximum atomic E-state index is 12.5. The molecule has 0 saturated heterocycles. The molecule has 1 heterocycles. The van der Waals surface area contributed by atoms with Crippen molar-refractivity contribution in [3.63, 3.8) is 0 Å². The highest BCUT2D eigenvalue weighted by Crippen LogP contribution is 2.70. The van der Waals surface area contributed by atoms with Crippen molar-refractivity contribution in [1.29, 1.82) is 0 Å². The summed E-state index contributed by atoms with van der Waals surface area (Å²) in [5.41, 5.74) is 0.403. The summed E-state index contributed by atoms with van der Waals surface area (Å²) in [4.78, 5) is 0. The fourth-order valence-corrected chi connectivity index (χ4v) is 5.87. The maximum absolute atomic E-state index is 12.5. The molecule has 0 aromatic heterocycles. The van der Waals surface area contributed by atoms with Gasteiger partial charge in [0, 0.05) is 18.1 Å². The largest absolute Gasteiger partial charge is 0.497 e. The van der Waals surface area contributed by atoms with Crippen LogP contribution >= 0.6 is 0 Å². The Kier molecular flexibility index (Phi) is 4.82. The van der Waals surface area contributed by atoms with Gasteiger partial charge in [0.1, 0.15) is 28.6 Å². The highest BCUT2D eigenvalue weighted by Gasteiger charge is 2.71. The van der Waals surface area contributed by atoms with Crippen LogP contribution in [0.5, 0.6) is 23.0 Å². The van der Waals surface area contributed by atoms with E-state index in [4.69, 9.17) is 18.9 Å². The molecule has 5 nitrogen and oxygen atoms in total. The van der Waals surface area contributed by atoms with Crippen molar-refractivity contribution in [1.82, 2.24) is 0 Å². The standard InChI is InChI=1S/C27H28O5/c1-17-16-26(28)25-22(31-4)14-21(30-3)15-23(25)32-27(26,19-10-12-20(29-2)13-11-19)24(17)18-8-6-5-7-9-18/h5-15,17,24,28H,16H2,1-4H3/t17-,24-,26+,27-/m0/s1. The second-order valence-electron chi connectivity index (χ2n) is 8.70. The summed E-state index contributed by atoms with van der Waals surface area (Å²) in [5.74, 6) is 2.62. The van der Waals surface area contributed by atoms with E-state index in [2.05, 4.69) is 19.1 Å². The minimum absolute atomic E-state index is 0.0785. The minimum atomic E-state index is -1.28. The summed E-state index contributed by atoms with van der Waals surface area (Å²) in [6.07, 6.45) is 0.536. The second kappa shape index (κ2) is 7.45. The lowest BCUT2D eigenvalue weighted by molar-refractivity contribution is -0.106. The smallest absolute Gasteiger partial charge is 0.174 e. The topological polar surface area (TPSA) is 57.2 Å². The molecule has 32 heavy (non-hydrogen) atoms. The molecule has 0 unspecified atom stereocenters. The van der Waals surface area contributed by atoms with Crippen LogP contribution in [0, 0.1) is 5.92 Å². The molecule has 1 N–H and O–H groups in total. The summed E-state index contributed by atoms with van der Waals surface area (Å²) >= 11 is 0. The van der Waals surface area contributed by atoms with Crippen LogP contribution in [-0.4, -0.2) is 26.4 Å². The lowest BCUT2D eigenvalue weighted by Gasteiger charge is -2.40. The van der Waals surface area contributed by atoms with E-state index in [1.165, 1.54) is 0 Å². The molecule has 1 aliphatic heterocycles. The molecule has 3 aromatic rings. The Labute approximate surface area is 188 Å². The van der Waals surface area contributed by atoms with E-state index >= 15 is 0 Å². The first-order chi connectivity index (χ1) is 15.5. The van der Waals surface area contributed by atoms with Crippen LogP contribution < -0.4 is 18.9 Å². The molecule has 2 aliphatic rings. The molecule has 0 bridgehead atoms. The van der Waals surface area contributed by atoms with Crippen LogP contribution in [0.25, 0.3) is 0 Å². The first-order valence-electron chi connectivity index (χ1n) is 10.9. The fourth-order valence-electron chi connectivity index (χ4n) is 5.87. The van der Waals surface area contributed by atoms with Gasteiger partial charge in [-0.15, -0.1) is 0 Å². The van der Waals surface area contributed by atoms with Crippen LogP contribution in [-0.2, 0) is 11.2 Å². The van der Waals surface area contributed by atoms with E-state index in [1.807, 2.05) is 54.6 Å². The van der Waals surface area contributed by atoms with Gasteiger partial charge in [0.05, 0.1) is 26.9 Å². The molecule has 3 aromatic carbocycles. The van der Waals surface area contributed by atoms with Gasteiger partial charge >= 0.3 is 0 Å². The van der Waals surface area contributed by atoms with E-state index in [1.54, 1.807) is 21.3 Å². The molecule has 0 amide bonds. The Morgan fingerprint density at radius 2 is 1.56 bits per heavy atom. The van der Waals surface area contributed by atoms with Crippen LogP contribution in [0.2, 0.25) is 0 Å². The van der Waals surface area contributed by atoms with Gasteiger partial charge in [0.15, 0.2) is 5.60 Å². The molecule has 1 fully saturated rings. The Balaban J connectivity index is 1.80. The number of hydrogen-bond acceptors (Lipinski definition) is 5. The number of fused-ring (bicyclic) bond motifs is 3. The van der Waals surface area contributed by atoms with E-state index in [-0.39, 0.29) is 11.8 Å². The highest BCUT2D eigenvalue weighted by molar-refractivity contribution is 5.61. The Morgan fingerprint density at radius 3 is 2.19 bits per heavy atom. The van der Waals surface area contributed by atoms with Crippen LogP contribution in [0.15, 0.2) is 66.7 Å². The number of ether oxygens (including phenoxy) is 4. The monoisotopic (exact) mass is 432 g/mol. The lowest BCUT2D eigenvalue weighted by Crippen LogP contribution is -2.48. The number of benzene rings is 3. The molecule has 0 spiro atoms. The van der Waals surface area contributed by atoms with E-state index in [0.29, 0.717) is 29.2 Å². The van der Waals surface area contributed by atoms with Gasteiger partial charge in [0.25, 0.3) is 0 Å². The van der Waals surface area contributed by atoms with Gasteiger partial charge in [-0.1, -0.05) is 49.4 Å². The van der Waals surface area contributed by atoms with Crippen molar-refractivity contribution in [2.75, 3.05) is 21.3 Å². The molecule has 5 rings (SSSR count). The predicted octanol–water partition coefficient (Wildman–Crippen LogP) is 5.01. The molecule has 0 radical (unpaired) electrons. The predicted molar refractivity (Wildman–Crippen MR) is 122 cm³/mol. The molecule has 4 atom stereocenters. The molecular weight excluding hydrogens is 404 g/mol. The summed E-state index contributed by atoms with van der Waals surface area (Å²) in [5, 5.41) is 12.5. The zero-order valence-electron chi connectivity index (χ0n) is 18.8. The number of methoxy groups -OCH3 is 3. The van der Waals surface area contributed by atoms with Gasteiger partial charge in [0.2, 0.25) is 0 Å². The molecule has 1 aliphatic carbocycles. The molecule has 5 heteroatoms. The summed E-state index contributed by atoms with van der Waals surface area (Å²) < 4.78 is 23.4. The quantitative estimate of drug-likeness (QED) is 0.614. The summed E-state index contributed by atoms with van der Waals surface area (Å²) in [6, 6.07) is 21.8. The van der Waals surface area contributed by atoms with Crippen molar-refractivity contribution in [3.05, 3.63) is 83.4 Å². The molecular formula is C27H28O5. The molecule has 166 valence electrons. The number of hydrogen-bond donors (Lipinski definition) is 1. The van der Waals surface area contributed by atoms with E-state index < -0.39 is 11.2 Å². The average Bonchev–Trinajstić information content (AvgIpc) is 3.20. The van der Waals surface area contributed by atoms with Gasteiger partial charge in [-0.3, -0.25) is 0 Å². The van der Waals surface area contributed by atoms with Crippen molar-refractivity contribution >= 4 is 0 Å². The van der Waals surface area contributed by atoms with Crippen molar-refractivity contribution in [2.24, 2.45) is 5.92 Å². The third-order valence-electron chi connectivity index (χ3n) is 7.10. The van der Waals surface area contributed by atoms with Gasteiger partial charge < -0.3 is 24.1 Å². The number of aliphatic hydroxyl groups is 1. The van der Waals surface area contributed by atoms with Crippen LogP contribution in [0.4, 0.5) is 0 Å². The van der Waals surface area contributed by atoms with Gasteiger partial charge in [-0.05, 0) is 35.6 Å². The maximum Gasteiger partial charge on any atom is 0.174 e. The summed E-state index contributed by atoms with van der Waals surface area (Å²) in [7, 11) is 4.87. The Bertz CT molecular complexity index is 1130. The van der Waals surface area contributed by atoms with E-state index in [9.17, 15) is 5.11 Å². The zero-order chi connectivity index (χ0) is 22.5. The lowest BCUT2D eigenvalue weighted by atomic mass is 9.71. The van der Waals surface area contributed by atoms with Gasteiger partial charge in [-0.2, -0.15) is 0 Å². The van der Waals surface area contributed by atoms with Crippen molar-refractivity contribution in [2.45, 2.75) is 30.5 Å². The van der Waals surface area contributed by atoms with Crippen molar-refractivity contribution in [3.8, 4) is 23.0 Å². The second-order valence-corrected chi connectivity index (χ2v) is 8.70. The average molecular weight is 433 g/mol. The highest BCUT2D eigenvalue weighted by atomic mass is 16.5. The molecule has 1 saturated carbocycles. The third-order valence-corrected chi connectivity index (χ3v) is 7.10. The Morgan fingerprint density at radius 1 is 0.875 bits per heavy atom. The first-order valence-corrected chi connectivity index (χ1v) is 10.9. The Hall–Kier alpha value is -3.18. The van der Waals surface area contributed by atoms with Gasteiger partial charge in [-0.25, -0.2) is 0 Å².